The molecule has 1 saturated heterocycles. The van der Waals surface area contributed by atoms with E-state index in [1.165, 1.54) is 5.56 Å². The fourth-order valence-electron chi connectivity index (χ4n) is 3.67. The van der Waals surface area contributed by atoms with Gasteiger partial charge >= 0.3 is 0 Å². The van der Waals surface area contributed by atoms with Gasteiger partial charge in [0.25, 0.3) is 0 Å². The highest BCUT2D eigenvalue weighted by atomic mass is 16.3. The number of amides is 1. The van der Waals surface area contributed by atoms with Gasteiger partial charge in [-0.15, -0.1) is 0 Å². The summed E-state index contributed by atoms with van der Waals surface area (Å²) in [5.74, 6) is 1.50. The molecule has 1 aliphatic rings. The summed E-state index contributed by atoms with van der Waals surface area (Å²) in [6.07, 6.45) is 4.36. The number of nitrogens with one attached hydrogen (secondary N) is 2. The Morgan fingerprint density at radius 3 is 2.53 bits per heavy atom. The maximum atomic E-state index is 12.1. The average Bonchev–Trinajstić information content (AvgIpc) is 3.29. The molecule has 1 aliphatic heterocycles. The third-order valence-corrected chi connectivity index (χ3v) is 5.54. The third-order valence-electron chi connectivity index (χ3n) is 5.54. The Hall–Kier alpha value is -3.61. The molecule has 0 unspecified atom stereocenters. The number of aryl methyl sites for hydroxylation is 1. The predicted molar refractivity (Wildman–Crippen MR) is 126 cm³/mol. The molecule has 0 bridgehead atoms. The Kier molecular flexibility index (Phi) is 6.84. The number of benzene rings is 2. The lowest BCUT2D eigenvalue weighted by molar-refractivity contribution is -0.119. The normalized spacial score (nSPS) is 14.5. The first-order chi connectivity index (χ1) is 15.6. The van der Waals surface area contributed by atoms with Crippen molar-refractivity contribution in [3.63, 3.8) is 0 Å². The van der Waals surface area contributed by atoms with Crippen molar-refractivity contribution in [2.24, 2.45) is 4.99 Å². The van der Waals surface area contributed by atoms with E-state index in [-0.39, 0.29) is 5.91 Å². The smallest absolute Gasteiger partial charge is 0.226 e. The zero-order chi connectivity index (χ0) is 22.3. The lowest BCUT2D eigenvalue weighted by Crippen LogP contribution is -2.36. The maximum Gasteiger partial charge on any atom is 0.226 e. The van der Waals surface area contributed by atoms with Crippen LogP contribution in [0.4, 0.5) is 5.69 Å². The van der Waals surface area contributed by atoms with Gasteiger partial charge < -0.3 is 20.0 Å². The minimum absolute atomic E-state index is 0.213. The van der Waals surface area contributed by atoms with E-state index >= 15 is 0 Å². The molecule has 2 heterocycles. The van der Waals surface area contributed by atoms with Gasteiger partial charge in [0, 0.05) is 37.8 Å². The Balaban J connectivity index is 1.28. The third kappa shape index (κ3) is 5.35. The van der Waals surface area contributed by atoms with Crippen LogP contribution in [0.5, 0.6) is 0 Å². The van der Waals surface area contributed by atoms with Gasteiger partial charge in [-0.1, -0.05) is 29.8 Å². The number of oxazole rings is 1. The van der Waals surface area contributed by atoms with E-state index in [4.69, 9.17) is 4.42 Å². The summed E-state index contributed by atoms with van der Waals surface area (Å²) in [6, 6.07) is 16.2. The number of carbonyl (C=O) groups is 1. The number of hydrogen-bond donors (Lipinski definition) is 2. The molecule has 1 fully saturated rings. The van der Waals surface area contributed by atoms with Crippen LogP contribution in [0.3, 0.4) is 0 Å². The highest BCUT2D eigenvalue weighted by Crippen LogP contribution is 2.21. The van der Waals surface area contributed by atoms with E-state index in [1.807, 2.05) is 53.4 Å². The quantitative estimate of drug-likeness (QED) is 0.455. The fourth-order valence-corrected chi connectivity index (χ4v) is 3.67. The van der Waals surface area contributed by atoms with Crippen molar-refractivity contribution in [3.05, 3.63) is 71.6 Å². The van der Waals surface area contributed by atoms with E-state index in [2.05, 4.69) is 27.5 Å². The minimum Gasteiger partial charge on any atom is -0.444 e. The van der Waals surface area contributed by atoms with Crippen molar-refractivity contribution >= 4 is 17.6 Å². The number of aromatic nitrogens is 1. The molecular weight excluding hydrogens is 402 g/mol. The molecule has 32 heavy (non-hydrogen) atoms. The number of guanidine groups is 1. The summed E-state index contributed by atoms with van der Waals surface area (Å²) >= 11 is 0. The van der Waals surface area contributed by atoms with E-state index in [9.17, 15) is 4.79 Å². The topological polar surface area (TPSA) is 82.8 Å². The first-order valence-corrected chi connectivity index (χ1v) is 11.0. The van der Waals surface area contributed by atoms with Gasteiger partial charge in [-0.2, -0.15) is 0 Å². The van der Waals surface area contributed by atoms with Crippen molar-refractivity contribution in [1.82, 2.24) is 15.6 Å². The molecule has 3 aromatic rings. The molecule has 4 rings (SSSR count). The zero-order valence-electron chi connectivity index (χ0n) is 18.6. The van der Waals surface area contributed by atoms with Gasteiger partial charge in [0.2, 0.25) is 11.8 Å². The summed E-state index contributed by atoms with van der Waals surface area (Å²) in [6.45, 7) is 3.99. The number of anilines is 1. The Bertz CT molecular complexity index is 1070. The van der Waals surface area contributed by atoms with Crippen LogP contribution in [0.15, 0.2) is 64.2 Å². The summed E-state index contributed by atoms with van der Waals surface area (Å²) < 4.78 is 5.62. The lowest BCUT2D eigenvalue weighted by Gasteiger charge is -2.26. The molecule has 1 amide bonds. The number of aliphatic imine (C=N–C) groups is 1. The van der Waals surface area contributed by atoms with Crippen molar-refractivity contribution in [2.45, 2.75) is 39.3 Å². The van der Waals surface area contributed by atoms with Crippen LogP contribution in [-0.4, -0.2) is 30.4 Å². The number of rotatable bonds is 6. The summed E-state index contributed by atoms with van der Waals surface area (Å²) in [5, 5.41) is 6.57. The zero-order valence-corrected chi connectivity index (χ0v) is 18.6. The second kappa shape index (κ2) is 10.1. The van der Waals surface area contributed by atoms with Crippen molar-refractivity contribution < 1.29 is 9.21 Å². The average molecular weight is 432 g/mol. The van der Waals surface area contributed by atoms with Crippen LogP contribution < -0.4 is 15.5 Å². The summed E-state index contributed by atoms with van der Waals surface area (Å²) in [5.41, 5.74) is 5.05. The van der Waals surface area contributed by atoms with E-state index in [1.54, 1.807) is 13.3 Å². The molecule has 1 aromatic heterocycles. The predicted octanol–water partition coefficient (Wildman–Crippen LogP) is 4.03. The number of nitrogens with zero attached hydrogens (tertiary/aromatic N) is 3. The molecule has 7 heteroatoms. The Morgan fingerprint density at radius 1 is 1.06 bits per heavy atom. The molecule has 0 saturated carbocycles. The maximum absolute atomic E-state index is 12.1. The molecule has 0 atom stereocenters. The van der Waals surface area contributed by atoms with Crippen LogP contribution in [-0.2, 0) is 17.9 Å². The largest absolute Gasteiger partial charge is 0.444 e. The Labute approximate surface area is 188 Å². The van der Waals surface area contributed by atoms with Gasteiger partial charge in [0.1, 0.15) is 6.26 Å². The van der Waals surface area contributed by atoms with E-state index in [0.29, 0.717) is 31.4 Å². The van der Waals surface area contributed by atoms with Gasteiger partial charge in [0.15, 0.2) is 5.96 Å². The molecule has 0 radical (unpaired) electrons. The second-order valence-corrected chi connectivity index (χ2v) is 7.96. The van der Waals surface area contributed by atoms with Crippen molar-refractivity contribution in [2.75, 3.05) is 18.5 Å². The van der Waals surface area contributed by atoms with Gasteiger partial charge in [0.05, 0.1) is 12.2 Å². The van der Waals surface area contributed by atoms with Gasteiger partial charge in [-0.25, -0.2) is 4.98 Å². The molecule has 0 spiro atoms. The standard InChI is InChI=1S/C25H29N5O2/c1-18-6-10-20(11-7-18)24-29-21(17-32-24)16-28-25(26-2)27-15-19-8-12-22(13-9-19)30-14-4-3-5-23(30)31/h6-13,17H,3-5,14-16H2,1-2H3,(H2,26,27,28). The van der Waals surface area contributed by atoms with Crippen LogP contribution in [0.2, 0.25) is 0 Å². The first kappa shape index (κ1) is 21.6. The van der Waals surface area contributed by atoms with Crippen molar-refractivity contribution in [1.29, 1.82) is 0 Å². The highest BCUT2D eigenvalue weighted by molar-refractivity contribution is 5.94. The fraction of sp³-hybridized carbons (Fsp3) is 0.320. The summed E-state index contributed by atoms with van der Waals surface area (Å²) in [4.78, 5) is 22.8. The van der Waals surface area contributed by atoms with Gasteiger partial charge in [-0.05, 0) is 49.6 Å². The SMILES string of the molecule is CN=C(NCc1ccc(N2CCCCC2=O)cc1)NCc1coc(-c2ccc(C)cc2)n1. The molecular formula is C25H29N5O2. The number of carbonyl (C=O) groups excluding carboxylic acids is 1. The number of hydrogen-bond acceptors (Lipinski definition) is 4. The van der Waals surface area contributed by atoms with E-state index in [0.717, 1.165) is 41.9 Å². The lowest BCUT2D eigenvalue weighted by atomic mass is 10.1. The van der Waals surface area contributed by atoms with Crippen LogP contribution in [0.1, 0.15) is 36.1 Å². The molecule has 2 aromatic carbocycles. The van der Waals surface area contributed by atoms with Crippen LogP contribution in [0.25, 0.3) is 11.5 Å². The molecule has 2 N–H and O–H groups in total. The first-order valence-electron chi connectivity index (χ1n) is 11.0. The van der Waals surface area contributed by atoms with Gasteiger partial charge in [-0.3, -0.25) is 9.79 Å². The Morgan fingerprint density at radius 2 is 1.81 bits per heavy atom. The summed E-state index contributed by atoms with van der Waals surface area (Å²) in [7, 11) is 1.74. The number of piperidine rings is 1. The molecule has 7 nitrogen and oxygen atoms in total. The second-order valence-electron chi connectivity index (χ2n) is 7.96. The van der Waals surface area contributed by atoms with E-state index < -0.39 is 0 Å². The molecule has 0 aliphatic carbocycles. The molecule has 166 valence electrons. The van der Waals surface area contributed by atoms with Crippen LogP contribution in [0, 0.1) is 6.92 Å². The van der Waals surface area contributed by atoms with Crippen LogP contribution >= 0.6 is 0 Å². The highest BCUT2D eigenvalue weighted by Gasteiger charge is 2.19. The monoisotopic (exact) mass is 431 g/mol. The minimum atomic E-state index is 0.213. The van der Waals surface area contributed by atoms with Crippen molar-refractivity contribution in [3.8, 4) is 11.5 Å².